The number of rotatable bonds is 9. The van der Waals surface area contributed by atoms with E-state index < -0.39 is 0 Å². The molecule has 0 bridgehead atoms. The lowest BCUT2D eigenvalue weighted by Gasteiger charge is -2.21. The molecule has 0 unspecified atom stereocenters. The Balaban J connectivity index is 2.08. The molecule has 2 N–H and O–H groups in total. The van der Waals surface area contributed by atoms with E-state index in [1.807, 2.05) is 13.2 Å². The average molecular weight is 329 g/mol. The third-order valence-corrected chi connectivity index (χ3v) is 4.12. The number of nitrogens with zero attached hydrogens (tertiary/aromatic N) is 3. The van der Waals surface area contributed by atoms with Crippen LogP contribution in [0.4, 0.5) is 5.69 Å². The Labute approximate surface area is 146 Å². The van der Waals surface area contributed by atoms with Crippen molar-refractivity contribution in [2.75, 3.05) is 45.7 Å². The maximum absolute atomic E-state index is 4.46. The third kappa shape index (κ3) is 5.08. The number of benzene rings is 1. The summed E-state index contributed by atoms with van der Waals surface area (Å²) in [5.41, 5.74) is 4.69. The third-order valence-electron chi connectivity index (χ3n) is 4.12. The number of aromatic nitrogens is 2. The highest BCUT2D eigenvalue weighted by Gasteiger charge is 2.11. The van der Waals surface area contributed by atoms with E-state index in [0.29, 0.717) is 5.92 Å². The van der Waals surface area contributed by atoms with E-state index in [4.69, 9.17) is 0 Å². The SMILES string of the molecule is CNCCN(C)Cc1c[nH]nc1-c1ccc(N(C)CC(C)C)cc1. The number of hydrogen-bond donors (Lipinski definition) is 2. The molecular formula is C19H31N5. The normalized spacial score (nSPS) is 11.5. The topological polar surface area (TPSA) is 47.2 Å². The van der Waals surface area contributed by atoms with Crippen molar-refractivity contribution < 1.29 is 0 Å². The predicted molar refractivity (Wildman–Crippen MR) is 102 cm³/mol. The van der Waals surface area contributed by atoms with E-state index in [9.17, 15) is 0 Å². The minimum Gasteiger partial charge on any atom is -0.374 e. The Kier molecular flexibility index (Phi) is 6.82. The first-order valence-corrected chi connectivity index (χ1v) is 8.68. The molecule has 0 spiro atoms. The van der Waals surface area contributed by atoms with Crippen molar-refractivity contribution in [3.63, 3.8) is 0 Å². The maximum Gasteiger partial charge on any atom is 0.0965 e. The molecular weight excluding hydrogens is 298 g/mol. The van der Waals surface area contributed by atoms with Crippen LogP contribution in [0.25, 0.3) is 11.3 Å². The predicted octanol–water partition coefficient (Wildman–Crippen LogP) is 2.82. The molecule has 2 rings (SSSR count). The summed E-state index contributed by atoms with van der Waals surface area (Å²) in [5.74, 6) is 0.653. The lowest BCUT2D eigenvalue weighted by Crippen LogP contribution is -2.27. The first kappa shape index (κ1) is 18.5. The second-order valence-corrected chi connectivity index (χ2v) is 6.92. The van der Waals surface area contributed by atoms with Crippen LogP contribution in [0.5, 0.6) is 0 Å². The van der Waals surface area contributed by atoms with Crippen molar-refractivity contribution in [2.45, 2.75) is 20.4 Å². The van der Waals surface area contributed by atoms with Gasteiger partial charge in [-0.1, -0.05) is 26.0 Å². The highest BCUT2D eigenvalue weighted by atomic mass is 15.1. The van der Waals surface area contributed by atoms with Crippen molar-refractivity contribution in [1.29, 1.82) is 0 Å². The molecule has 1 aromatic heterocycles. The van der Waals surface area contributed by atoms with Crippen LogP contribution in [0.3, 0.4) is 0 Å². The minimum absolute atomic E-state index is 0.653. The van der Waals surface area contributed by atoms with E-state index in [0.717, 1.165) is 37.4 Å². The summed E-state index contributed by atoms with van der Waals surface area (Å²) in [6.07, 6.45) is 2.00. The van der Waals surface area contributed by atoms with E-state index in [-0.39, 0.29) is 0 Å². The summed E-state index contributed by atoms with van der Waals surface area (Å²) in [4.78, 5) is 4.60. The maximum atomic E-state index is 4.46. The fourth-order valence-electron chi connectivity index (χ4n) is 2.88. The Bertz CT molecular complexity index is 602. The lowest BCUT2D eigenvalue weighted by atomic mass is 10.1. The molecule has 0 radical (unpaired) electrons. The van der Waals surface area contributed by atoms with Crippen molar-refractivity contribution in [1.82, 2.24) is 20.4 Å². The van der Waals surface area contributed by atoms with Gasteiger partial charge in [0.1, 0.15) is 0 Å². The summed E-state index contributed by atoms with van der Waals surface area (Å²) in [6.45, 7) is 8.43. The van der Waals surface area contributed by atoms with Gasteiger partial charge in [-0.2, -0.15) is 5.10 Å². The number of hydrogen-bond acceptors (Lipinski definition) is 4. The fraction of sp³-hybridized carbons (Fsp3) is 0.526. The van der Waals surface area contributed by atoms with Gasteiger partial charge in [-0.3, -0.25) is 5.10 Å². The molecule has 0 aliphatic heterocycles. The smallest absolute Gasteiger partial charge is 0.0965 e. The quantitative estimate of drug-likeness (QED) is 0.743. The average Bonchev–Trinajstić information content (AvgIpc) is 3.00. The second-order valence-electron chi connectivity index (χ2n) is 6.92. The Hall–Kier alpha value is -1.85. The van der Waals surface area contributed by atoms with Gasteiger partial charge in [0, 0.05) is 56.2 Å². The molecule has 0 atom stereocenters. The van der Waals surface area contributed by atoms with Gasteiger partial charge in [0.05, 0.1) is 5.69 Å². The molecule has 0 saturated heterocycles. The second kappa shape index (κ2) is 8.85. The molecule has 0 amide bonds. The highest BCUT2D eigenvalue weighted by molar-refractivity contribution is 5.65. The zero-order chi connectivity index (χ0) is 17.5. The van der Waals surface area contributed by atoms with E-state index in [1.165, 1.54) is 11.3 Å². The Morgan fingerprint density at radius 3 is 2.50 bits per heavy atom. The van der Waals surface area contributed by atoms with E-state index in [2.05, 4.69) is 77.5 Å². The Morgan fingerprint density at radius 2 is 1.88 bits per heavy atom. The fourth-order valence-corrected chi connectivity index (χ4v) is 2.88. The van der Waals surface area contributed by atoms with Gasteiger partial charge >= 0.3 is 0 Å². The molecule has 132 valence electrons. The first-order chi connectivity index (χ1) is 11.5. The molecule has 0 saturated carbocycles. The van der Waals surface area contributed by atoms with Gasteiger partial charge < -0.3 is 15.1 Å². The monoisotopic (exact) mass is 329 g/mol. The largest absolute Gasteiger partial charge is 0.374 e. The van der Waals surface area contributed by atoms with E-state index >= 15 is 0 Å². The zero-order valence-electron chi connectivity index (χ0n) is 15.6. The summed E-state index contributed by atoms with van der Waals surface area (Å²) in [7, 11) is 6.26. The number of likely N-dealkylation sites (N-methyl/N-ethyl adjacent to an activating group) is 2. The molecule has 0 aliphatic carbocycles. The van der Waals surface area contributed by atoms with Crippen LogP contribution in [0.15, 0.2) is 30.5 Å². The molecule has 24 heavy (non-hydrogen) atoms. The van der Waals surface area contributed by atoms with E-state index in [1.54, 1.807) is 0 Å². The van der Waals surface area contributed by atoms with Crippen LogP contribution in [0, 0.1) is 5.92 Å². The van der Waals surface area contributed by atoms with Crippen LogP contribution in [-0.4, -0.2) is 55.9 Å². The van der Waals surface area contributed by atoms with Gasteiger partial charge in [0.15, 0.2) is 0 Å². The van der Waals surface area contributed by atoms with Crippen LogP contribution in [0.1, 0.15) is 19.4 Å². The van der Waals surface area contributed by atoms with Crippen molar-refractivity contribution in [3.8, 4) is 11.3 Å². The first-order valence-electron chi connectivity index (χ1n) is 8.68. The molecule has 5 heteroatoms. The van der Waals surface area contributed by atoms with Crippen LogP contribution < -0.4 is 10.2 Å². The van der Waals surface area contributed by atoms with Gasteiger partial charge in [-0.15, -0.1) is 0 Å². The van der Waals surface area contributed by atoms with Crippen molar-refractivity contribution >= 4 is 5.69 Å². The number of nitrogens with one attached hydrogen (secondary N) is 2. The van der Waals surface area contributed by atoms with Crippen LogP contribution in [0.2, 0.25) is 0 Å². The van der Waals surface area contributed by atoms with Crippen LogP contribution in [-0.2, 0) is 6.54 Å². The lowest BCUT2D eigenvalue weighted by molar-refractivity contribution is 0.328. The molecule has 0 fully saturated rings. The molecule has 0 aliphatic rings. The number of aromatic amines is 1. The summed E-state index contributed by atoms with van der Waals surface area (Å²) in [5, 5.41) is 10.7. The minimum atomic E-state index is 0.653. The van der Waals surface area contributed by atoms with Crippen LogP contribution >= 0.6 is 0 Å². The standard InChI is InChI=1S/C19H31N5/c1-15(2)13-24(5)18-8-6-16(7-9-18)19-17(12-21-22-19)14-23(4)11-10-20-3/h6-9,12,15,20H,10-11,13-14H2,1-5H3,(H,21,22). The number of anilines is 1. The van der Waals surface area contributed by atoms with Gasteiger partial charge in [-0.25, -0.2) is 0 Å². The highest BCUT2D eigenvalue weighted by Crippen LogP contribution is 2.25. The summed E-state index contributed by atoms with van der Waals surface area (Å²) >= 11 is 0. The zero-order valence-corrected chi connectivity index (χ0v) is 15.6. The van der Waals surface area contributed by atoms with Crippen molar-refractivity contribution in [3.05, 3.63) is 36.0 Å². The molecule has 1 heterocycles. The summed E-state index contributed by atoms with van der Waals surface area (Å²) < 4.78 is 0. The number of H-pyrrole nitrogens is 1. The summed E-state index contributed by atoms with van der Waals surface area (Å²) in [6, 6.07) is 8.70. The molecule has 5 nitrogen and oxygen atoms in total. The molecule has 2 aromatic rings. The van der Waals surface area contributed by atoms with Crippen molar-refractivity contribution in [2.24, 2.45) is 5.92 Å². The van der Waals surface area contributed by atoms with Gasteiger partial charge in [-0.05, 0) is 32.1 Å². The molecule has 1 aromatic carbocycles. The Morgan fingerprint density at radius 1 is 1.17 bits per heavy atom. The van der Waals surface area contributed by atoms with Gasteiger partial charge in [0.2, 0.25) is 0 Å². The van der Waals surface area contributed by atoms with Gasteiger partial charge in [0.25, 0.3) is 0 Å².